The molecule has 6 N–H and O–H groups in total. The predicted molar refractivity (Wildman–Crippen MR) is 256 cm³/mol. The van der Waals surface area contributed by atoms with Crippen molar-refractivity contribution in [2.75, 3.05) is 45.9 Å². The Hall–Kier alpha value is -6.83. The van der Waals surface area contributed by atoms with Crippen molar-refractivity contribution in [3.05, 3.63) is 164 Å². The van der Waals surface area contributed by atoms with Crippen molar-refractivity contribution in [1.29, 1.82) is 0 Å². The number of Topliss-reactive ketones (excluding diaryl/α,β-unsaturated/α-hetero) is 1. The summed E-state index contributed by atoms with van der Waals surface area (Å²) in [6.07, 6.45) is 10.1. The molecule has 15 nitrogen and oxygen atoms in total. The maximum absolute atomic E-state index is 12.3. The Morgan fingerprint density at radius 1 is 0.591 bits per heavy atom. The maximum Gasteiger partial charge on any atom is 0.204 e. The Bertz CT molecular complexity index is 2280. The Labute approximate surface area is 401 Å². The summed E-state index contributed by atoms with van der Waals surface area (Å²) in [5.74, 6) is 2.98. The first kappa shape index (κ1) is 57.2. The van der Waals surface area contributed by atoms with Gasteiger partial charge in [-0.3, -0.25) is 9.59 Å². The first-order valence-corrected chi connectivity index (χ1v) is 20.0. The van der Waals surface area contributed by atoms with Crippen LogP contribution in [0, 0.1) is 0 Å². The minimum atomic E-state index is 0. The summed E-state index contributed by atoms with van der Waals surface area (Å²) in [5.41, 5.74) is 21.6. The van der Waals surface area contributed by atoms with Crippen LogP contribution in [-0.4, -0.2) is 73.0 Å². The summed E-state index contributed by atoms with van der Waals surface area (Å²) in [4.78, 5) is 31.8. The number of hydrogen-bond acceptors (Lipinski definition) is 14. The average Bonchev–Trinajstić information content (AvgIpc) is 4.20. The third-order valence-corrected chi connectivity index (χ3v) is 8.71. The largest absolute Gasteiger partial charge is 0.497 e. The van der Waals surface area contributed by atoms with E-state index in [9.17, 15) is 13.6 Å². The number of primary amides is 1. The molecule has 1 amide bonds. The second kappa shape index (κ2) is 33.6. The van der Waals surface area contributed by atoms with Crippen molar-refractivity contribution in [2.45, 2.75) is 0 Å². The quantitative estimate of drug-likeness (QED) is 0.0494. The molecule has 0 aliphatic heterocycles. The van der Waals surface area contributed by atoms with Gasteiger partial charge in [0.15, 0.2) is 25.0 Å². The van der Waals surface area contributed by atoms with Gasteiger partial charge in [0.2, 0.25) is 6.41 Å². The number of hydrogen-bond donors (Lipinski definition) is 3. The molecule has 0 atom stereocenters. The van der Waals surface area contributed by atoms with Crippen molar-refractivity contribution in [2.24, 2.45) is 17.2 Å². The lowest BCUT2D eigenvalue weighted by molar-refractivity contribution is -0.106. The van der Waals surface area contributed by atoms with Crippen LogP contribution in [0.5, 0.6) is 23.0 Å². The molecule has 20 heteroatoms. The number of ether oxygens (including phenoxy) is 4. The van der Waals surface area contributed by atoms with Crippen molar-refractivity contribution < 1.29 is 50.6 Å². The molecule has 3 aromatic heterocycles. The van der Waals surface area contributed by atoms with Gasteiger partial charge in [0.05, 0.1) is 32.2 Å². The monoisotopic (exact) mass is 1020 g/mol. The van der Waals surface area contributed by atoms with Crippen molar-refractivity contribution in [1.82, 2.24) is 15.0 Å². The number of benzene rings is 4. The fourth-order valence-electron chi connectivity index (χ4n) is 4.75. The van der Waals surface area contributed by atoms with Gasteiger partial charge in [0.1, 0.15) is 72.1 Å². The standard InChI is InChI=1S/2C13H13FN2O2.C10H9NO2.C9H9BrO2.CH3NO.2ClH/c2*14-5-10(6-15)7-18-12-3-1-11(2-4-12)13-8-17-9-16-13;1-12-9-4-2-8(3-5-9)10-6-13-7-11-10;1-12-8-4-2-7(3-5-8)9(11)6-10;2-1-3;;/h2*1-5,8-9H,6-7,15H2;2-7H,1H3;2-5H,6H2,1H3;1H,(H2,2,3);2*1H/b10-5+;10-5-;;;;;. The van der Waals surface area contributed by atoms with Crippen LogP contribution in [0.25, 0.3) is 33.8 Å². The number of alkyl halides is 1. The molecule has 0 radical (unpaired) electrons. The molecular formula is C46H49BrCl2F2N6O9. The third kappa shape index (κ3) is 20.3. The minimum absolute atomic E-state index is 0. The first-order valence-electron chi connectivity index (χ1n) is 18.9. The first-order chi connectivity index (χ1) is 31.2. The fraction of sp³-hybridized carbons (Fsp3) is 0.152. The molecule has 7 aromatic rings. The molecule has 0 spiro atoms. The number of methoxy groups -OCH3 is 2. The number of oxazole rings is 3. The van der Waals surface area contributed by atoms with Gasteiger partial charge in [0, 0.05) is 46.5 Å². The van der Waals surface area contributed by atoms with Gasteiger partial charge in [-0.25, -0.2) is 23.7 Å². The number of ketones is 1. The molecule has 7 rings (SSSR count). The zero-order chi connectivity index (χ0) is 46.4. The fourth-order valence-corrected chi connectivity index (χ4v) is 5.07. The lowest BCUT2D eigenvalue weighted by Gasteiger charge is -2.07. The smallest absolute Gasteiger partial charge is 0.204 e. The molecule has 66 heavy (non-hydrogen) atoms. The van der Waals surface area contributed by atoms with Crippen LogP contribution in [0.4, 0.5) is 8.78 Å². The van der Waals surface area contributed by atoms with Crippen LogP contribution in [0.2, 0.25) is 0 Å². The minimum Gasteiger partial charge on any atom is -0.497 e. The molecule has 4 aromatic carbocycles. The SMILES string of the molecule is COc1ccc(-c2cocn2)cc1.COc1ccc(C(=O)CBr)cc1.Cl.Cl.NC/C(=C/F)COc1ccc(-c2cocn2)cc1.NC/C(=C\F)COc1ccc(-c2cocn2)cc1.NC=O. The summed E-state index contributed by atoms with van der Waals surface area (Å²) >= 11 is 3.11. The van der Waals surface area contributed by atoms with Gasteiger partial charge < -0.3 is 49.4 Å². The van der Waals surface area contributed by atoms with E-state index in [0.717, 1.165) is 45.3 Å². The highest BCUT2D eigenvalue weighted by Gasteiger charge is 2.05. The summed E-state index contributed by atoms with van der Waals surface area (Å²) in [5, 5.41) is 0.360. The lowest BCUT2D eigenvalue weighted by atomic mass is 10.1. The van der Waals surface area contributed by atoms with E-state index in [1.807, 2.05) is 48.5 Å². The van der Waals surface area contributed by atoms with E-state index in [4.69, 9.17) is 48.5 Å². The molecule has 0 saturated carbocycles. The molecule has 352 valence electrons. The Morgan fingerprint density at radius 3 is 1.14 bits per heavy atom. The van der Waals surface area contributed by atoms with Crippen molar-refractivity contribution in [3.63, 3.8) is 0 Å². The number of carbonyl (C=O) groups excluding carboxylic acids is 2. The van der Waals surface area contributed by atoms with Gasteiger partial charge in [-0.15, -0.1) is 24.8 Å². The normalized spacial score (nSPS) is 10.2. The van der Waals surface area contributed by atoms with Crippen LogP contribution in [-0.2, 0) is 4.79 Å². The van der Waals surface area contributed by atoms with Gasteiger partial charge in [-0.05, 0) is 97.1 Å². The maximum atomic E-state index is 12.3. The predicted octanol–water partition coefficient (Wildman–Crippen LogP) is 9.63. The highest BCUT2D eigenvalue weighted by atomic mass is 79.9. The van der Waals surface area contributed by atoms with E-state index in [0.29, 0.717) is 46.2 Å². The summed E-state index contributed by atoms with van der Waals surface area (Å²) < 4.78 is 60.0. The van der Waals surface area contributed by atoms with E-state index < -0.39 is 0 Å². The number of nitrogens with zero attached hydrogens (tertiary/aromatic N) is 3. The highest BCUT2D eigenvalue weighted by molar-refractivity contribution is 9.09. The molecule has 0 unspecified atom stereocenters. The molecule has 0 aliphatic carbocycles. The van der Waals surface area contributed by atoms with Crippen LogP contribution in [0.15, 0.2) is 172 Å². The Morgan fingerprint density at radius 2 is 0.894 bits per heavy atom. The average molecular weight is 1020 g/mol. The lowest BCUT2D eigenvalue weighted by Crippen LogP contribution is -2.10. The van der Waals surface area contributed by atoms with Gasteiger partial charge in [-0.2, -0.15) is 0 Å². The van der Waals surface area contributed by atoms with E-state index >= 15 is 0 Å². The molecule has 3 heterocycles. The molecular weight excluding hydrogens is 969 g/mol. The Kier molecular flexibility index (Phi) is 29.2. The molecule has 0 saturated heterocycles. The number of halogens is 5. The number of nitrogens with two attached hydrogens (primary N) is 3. The van der Waals surface area contributed by atoms with Crippen LogP contribution >= 0.6 is 40.7 Å². The van der Waals surface area contributed by atoms with Crippen molar-refractivity contribution >= 4 is 52.9 Å². The number of amides is 1. The third-order valence-electron chi connectivity index (χ3n) is 8.20. The molecule has 0 aliphatic rings. The van der Waals surface area contributed by atoms with Gasteiger partial charge >= 0.3 is 0 Å². The van der Waals surface area contributed by atoms with Crippen LogP contribution in [0.1, 0.15) is 10.4 Å². The van der Waals surface area contributed by atoms with E-state index in [2.05, 4.69) is 36.6 Å². The summed E-state index contributed by atoms with van der Waals surface area (Å²) in [6.45, 7) is 0.591. The molecule has 0 fully saturated rings. The summed E-state index contributed by atoms with van der Waals surface area (Å²) in [6, 6.07) is 29.3. The summed E-state index contributed by atoms with van der Waals surface area (Å²) in [7, 11) is 3.24. The second-order valence-electron chi connectivity index (χ2n) is 12.3. The van der Waals surface area contributed by atoms with Gasteiger partial charge in [-0.1, -0.05) is 15.9 Å². The zero-order valence-corrected chi connectivity index (χ0v) is 38.9. The van der Waals surface area contributed by atoms with Crippen LogP contribution < -0.4 is 36.1 Å². The molecule has 0 bridgehead atoms. The Balaban J connectivity index is 0.000000432. The second-order valence-corrected chi connectivity index (χ2v) is 12.9. The van der Waals surface area contributed by atoms with Crippen LogP contribution in [0.3, 0.4) is 0 Å². The number of rotatable bonds is 15. The highest BCUT2D eigenvalue weighted by Crippen LogP contribution is 2.23. The zero-order valence-electron chi connectivity index (χ0n) is 35.7. The van der Waals surface area contributed by atoms with E-state index in [1.54, 1.807) is 81.5 Å². The van der Waals surface area contributed by atoms with Gasteiger partial charge in [0.25, 0.3) is 0 Å². The topological polar surface area (TPSA) is 227 Å². The van der Waals surface area contributed by atoms with Crippen molar-refractivity contribution in [3.8, 4) is 56.8 Å². The number of aromatic nitrogens is 3. The number of carbonyl (C=O) groups is 2. The van der Waals surface area contributed by atoms with E-state index in [-0.39, 0.29) is 63.3 Å². The van der Waals surface area contributed by atoms with E-state index in [1.165, 1.54) is 19.2 Å².